The predicted octanol–water partition coefficient (Wildman–Crippen LogP) is 5.10. The lowest BCUT2D eigenvalue weighted by Gasteiger charge is -2.29. The van der Waals surface area contributed by atoms with E-state index in [0.717, 1.165) is 0 Å². The first-order chi connectivity index (χ1) is 8.24. The Labute approximate surface area is 113 Å². The quantitative estimate of drug-likeness (QED) is 0.364. The highest BCUT2D eigenvalue weighted by atomic mass is 79.9. The minimum absolute atomic E-state index is 0.0735. The zero-order chi connectivity index (χ0) is 15.5. The Bertz CT molecular complexity index is 319. The Hall–Kier alpha value is 0.170. The Morgan fingerprint density at radius 2 is 1.21 bits per heavy atom. The molecular weight excluding hydrogens is 373 g/mol. The van der Waals surface area contributed by atoms with Crippen molar-refractivity contribution in [2.75, 3.05) is 0 Å². The van der Waals surface area contributed by atoms with Crippen molar-refractivity contribution in [1.82, 2.24) is 0 Å². The van der Waals surface area contributed by atoms with Crippen molar-refractivity contribution >= 4 is 23.8 Å². The van der Waals surface area contributed by atoms with Gasteiger partial charge in [-0.1, -0.05) is 29.8 Å². The second-order valence-electron chi connectivity index (χ2n) is 3.20. The fourth-order valence-electron chi connectivity index (χ4n) is 0.889. The molecule has 0 spiro atoms. The topological polar surface area (TPSA) is 44.8 Å². The zero-order valence-electron chi connectivity index (χ0n) is 9.64. The summed E-state index contributed by atoms with van der Waals surface area (Å²) >= 11 is 2.75. The van der Waals surface area contributed by atoms with E-state index in [-0.39, 0.29) is 12.8 Å². The fourth-order valence-corrected chi connectivity index (χ4v) is 2.70. The predicted molar refractivity (Wildman–Crippen MR) is 55.2 cm³/mol. The van der Waals surface area contributed by atoms with Crippen molar-refractivity contribution in [3.63, 3.8) is 0 Å². The molecule has 0 aliphatic carbocycles. The SMILES string of the molecule is CCC(Br)(CC)OP(=O)(OC(F)(F)F)OC(F)(F)F. The van der Waals surface area contributed by atoms with E-state index in [2.05, 4.69) is 29.5 Å². The van der Waals surface area contributed by atoms with E-state index in [0.29, 0.717) is 0 Å². The summed E-state index contributed by atoms with van der Waals surface area (Å²) in [6.45, 7) is 2.79. The van der Waals surface area contributed by atoms with Crippen molar-refractivity contribution in [2.45, 2.75) is 43.9 Å². The van der Waals surface area contributed by atoms with Gasteiger partial charge in [0.05, 0.1) is 0 Å². The second-order valence-corrected chi connectivity index (χ2v) is 6.09. The van der Waals surface area contributed by atoms with Gasteiger partial charge in [-0.3, -0.25) is 4.52 Å². The first-order valence-electron chi connectivity index (χ1n) is 4.79. The summed E-state index contributed by atoms with van der Waals surface area (Å²) in [6, 6.07) is 0. The van der Waals surface area contributed by atoms with Gasteiger partial charge in [-0.25, -0.2) is 4.57 Å². The smallest absolute Gasteiger partial charge is 0.268 e. The van der Waals surface area contributed by atoms with E-state index < -0.39 is 25.1 Å². The van der Waals surface area contributed by atoms with Gasteiger partial charge in [0.2, 0.25) is 0 Å². The van der Waals surface area contributed by atoms with Crippen molar-refractivity contribution < 1.29 is 44.5 Å². The van der Waals surface area contributed by atoms with E-state index >= 15 is 0 Å². The average Bonchev–Trinajstić information content (AvgIpc) is 2.10. The summed E-state index contributed by atoms with van der Waals surface area (Å²) in [6.07, 6.45) is -11.4. The molecule has 0 radical (unpaired) electrons. The van der Waals surface area contributed by atoms with Crippen LogP contribution in [0, 0.1) is 0 Å². The highest BCUT2D eigenvalue weighted by molar-refractivity contribution is 9.10. The molecule has 0 rings (SSSR count). The molecule has 0 fully saturated rings. The van der Waals surface area contributed by atoms with Crippen LogP contribution in [0.5, 0.6) is 0 Å². The zero-order valence-corrected chi connectivity index (χ0v) is 12.1. The molecule has 0 bridgehead atoms. The van der Waals surface area contributed by atoms with Crippen LogP contribution in [0.25, 0.3) is 0 Å². The summed E-state index contributed by atoms with van der Waals surface area (Å²) in [7, 11) is -5.91. The fraction of sp³-hybridized carbons (Fsp3) is 1.00. The number of alkyl halides is 7. The third-order valence-corrected chi connectivity index (χ3v) is 4.73. The molecule has 0 N–H and O–H groups in total. The molecule has 4 nitrogen and oxygen atoms in total. The third-order valence-electron chi connectivity index (χ3n) is 1.76. The Balaban J connectivity index is 5.23. The van der Waals surface area contributed by atoms with Crippen LogP contribution in [0.15, 0.2) is 0 Å². The van der Waals surface area contributed by atoms with Gasteiger partial charge in [0.25, 0.3) is 0 Å². The van der Waals surface area contributed by atoms with E-state index in [1.807, 2.05) is 0 Å². The van der Waals surface area contributed by atoms with Crippen LogP contribution in [-0.2, 0) is 18.1 Å². The van der Waals surface area contributed by atoms with Gasteiger partial charge < -0.3 is 0 Å². The maximum absolute atomic E-state index is 12.0. The molecule has 0 heterocycles. The van der Waals surface area contributed by atoms with Crippen LogP contribution in [0.4, 0.5) is 26.3 Å². The standard InChI is InChI=1S/C7H10BrF6O4P/c1-3-5(8,4-2)16-19(15,17-6(9,10)11)18-7(12,13)14/h3-4H2,1-2H3. The van der Waals surface area contributed by atoms with Crippen molar-refractivity contribution in [2.24, 2.45) is 0 Å². The molecule has 0 aromatic carbocycles. The molecule has 19 heavy (non-hydrogen) atoms. The molecule has 12 heteroatoms. The van der Waals surface area contributed by atoms with Gasteiger partial charge in [-0.15, -0.1) is 26.3 Å². The number of phosphoric ester groups is 1. The number of hydrogen-bond acceptors (Lipinski definition) is 4. The van der Waals surface area contributed by atoms with Crippen LogP contribution >= 0.6 is 23.8 Å². The molecule has 0 unspecified atom stereocenters. The van der Waals surface area contributed by atoms with Crippen LogP contribution in [0.3, 0.4) is 0 Å². The molecule has 0 aliphatic rings. The normalized spacial score (nSPS) is 14.8. The molecule has 0 aromatic rings. The highest BCUT2D eigenvalue weighted by Gasteiger charge is 2.53. The Morgan fingerprint density at radius 1 is 0.895 bits per heavy atom. The summed E-state index contributed by atoms with van der Waals surface area (Å²) in [4.78, 5) is 0. The second kappa shape index (κ2) is 6.30. The first-order valence-corrected chi connectivity index (χ1v) is 7.04. The lowest BCUT2D eigenvalue weighted by molar-refractivity contribution is -0.316. The van der Waals surface area contributed by atoms with E-state index in [1.165, 1.54) is 13.8 Å². The molecule has 0 atom stereocenters. The highest BCUT2D eigenvalue weighted by Crippen LogP contribution is 2.61. The largest absolute Gasteiger partial charge is 0.531 e. The lowest BCUT2D eigenvalue weighted by Crippen LogP contribution is -2.27. The van der Waals surface area contributed by atoms with Gasteiger partial charge in [-0.2, -0.15) is 9.05 Å². The molecular formula is C7H10BrF6O4P. The van der Waals surface area contributed by atoms with Gasteiger partial charge in [-0.05, 0) is 12.8 Å². The van der Waals surface area contributed by atoms with Crippen molar-refractivity contribution in [3.05, 3.63) is 0 Å². The lowest BCUT2D eigenvalue weighted by atomic mass is 10.2. The Morgan fingerprint density at radius 3 is 1.42 bits per heavy atom. The first kappa shape index (κ1) is 19.2. The molecule has 0 aliphatic heterocycles. The third kappa shape index (κ3) is 8.13. The van der Waals surface area contributed by atoms with Crippen LogP contribution < -0.4 is 0 Å². The van der Waals surface area contributed by atoms with Crippen LogP contribution in [0.1, 0.15) is 26.7 Å². The summed E-state index contributed by atoms with van der Waals surface area (Å²) in [5.41, 5.74) is 0. The molecule has 116 valence electrons. The molecule has 0 saturated heterocycles. The molecule has 0 aromatic heterocycles. The maximum atomic E-state index is 12.0. The van der Waals surface area contributed by atoms with E-state index in [4.69, 9.17) is 0 Å². The van der Waals surface area contributed by atoms with E-state index in [1.54, 1.807) is 0 Å². The van der Waals surface area contributed by atoms with Gasteiger partial charge >= 0.3 is 20.5 Å². The van der Waals surface area contributed by atoms with Crippen molar-refractivity contribution in [3.8, 4) is 0 Å². The van der Waals surface area contributed by atoms with Crippen LogP contribution in [0.2, 0.25) is 0 Å². The number of rotatable bonds is 6. The van der Waals surface area contributed by atoms with E-state index in [9.17, 15) is 30.9 Å². The van der Waals surface area contributed by atoms with Crippen molar-refractivity contribution in [1.29, 1.82) is 0 Å². The number of halogens is 7. The summed E-state index contributed by atoms with van der Waals surface area (Å²) < 4.78 is 91.6. The average molecular weight is 383 g/mol. The number of phosphoric acid groups is 1. The summed E-state index contributed by atoms with van der Waals surface area (Å²) in [5.74, 6) is 0. The monoisotopic (exact) mass is 382 g/mol. The molecule has 0 saturated carbocycles. The maximum Gasteiger partial charge on any atom is 0.531 e. The summed E-state index contributed by atoms with van der Waals surface area (Å²) in [5, 5.41) is 0. The van der Waals surface area contributed by atoms with Gasteiger partial charge in [0.15, 0.2) is 0 Å². The van der Waals surface area contributed by atoms with Crippen LogP contribution in [-0.4, -0.2) is 17.2 Å². The van der Waals surface area contributed by atoms with Gasteiger partial charge in [0.1, 0.15) is 4.51 Å². The van der Waals surface area contributed by atoms with Gasteiger partial charge in [0, 0.05) is 0 Å². The number of hydrogen-bond donors (Lipinski definition) is 0. The minimum atomic E-state index is -5.91. The Kier molecular flexibility index (Phi) is 6.35. The molecule has 0 amide bonds. The minimum Gasteiger partial charge on any atom is -0.268 e.